The number of hydrogen-bond acceptors (Lipinski definition) is 7. The van der Waals surface area contributed by atoms with Gasteiger partial charge in [0.2, 0.25) is 0 Å². The van der Waals surface area contributed by atoms with Crippen molar-refractivity contribution in [3.63, 3.8) is 0 Å². The molecule has 1 aliphatic heterocycles. The number of ether oxygens (including phenoxy) is 3. The number of methoxy groups -OCH3 is 1. The van der Waals surface area contributed by atoms with Gasteiger partial charge in [-0.25, -0.2) is 4.98 Å². The summed E-state index contributed by atoms with van der Waals surface area (Å²) in [6.07, 6.45) is 8.03. The van der Waals surface area contributed by atoms with E-state index in [1.54, 1.807) is 18.2 Å². The molecule has 1 saturated carbocycles. The van der Waals surface area contributed by atoms with Crippen LogP contribution in [0.3, 0.4) is 0 Å². The van der Waals surface area contributed by atoms with Crippen LogP contribution in [0, 0.1) is 5.92 Å². The molecule has 1 saturated heterocycles. The van der Waals surface area contributed by atoms with E-state index in [9.17, 15) is 0 Å². The third kappa shape index (κ3) is 4.18. The van der Waals surface area contributed by atoms with Crippen molar-refractivity contribution in [1.29, 1.82) is 0 Å². The summed E-state index contributed by atoms with van der Waals surface area (Å²) in [7, 11) is 4.02. The summed E-state index contributed by atoms with van der Waals surface area (Å²) in [5.41, 5.74) is 4.79. The lowest BCUT2D eigenvalue weighted by atomic mass is 9.52. The number of thiazole rings is 1. The van der Waals surface area contributed by atoms with Crippen molar-refractivity contribution in [3.8, 4) is 0 Å². The Morgan fingerprint density at radius 3 is 2.84 bits per heavy atom. The zero-order valence-electron chi connectivity index (χ0n) is 19.5. The van der Waals surface area contributed by atoms with Crippen LogP contribution >= 0.6 is 11.3 Å². The van der Waals surface area contributed by atoms with Crippen molar-refractivity contribution in [1.82, 2.24) is 9.88 Å². The van der Waals surface area contributed by atoms with E-state index in [1.807, 2.05) is 11.3 Å². The molecule has 176 valence electrons. The van der Waals surface area contributed by atoms with Crippen molar-refractivity contribution < 1.29 is 14.2 Å². The summed E-state index contributed by atoms with van der Waals surface area (Å²) in [5.74, 6) is 0.811. The Kier molecular flexibility index (Phi) is 7.00. The summed E-state index contributed by atoms with van der Waals surface area (Å²) < 4.78 is 17.5. The van der Waals surface area contributed by atoms with Gasteiger partial charge < -0.3 is 24.4 Å². The Bertz CT molecular complexity index is 919. The molecule has 2 aromatic rings. The molecule has 2 aliphatic carbocycles. The number of nitrogens with one attached hydrogen (secondary N) is 1. The van der Waals surface area contributed by atoms with Gasteiger partial charge in [-0.15, -0.1) is 0 Å². The summed E-state index contributed by atoms with van der Waals surface area (Å²) in [4.78, 5) is 7.59. The Labute approximate surface area is 195 Å². The van der Waals surface area contributed by atoms with Crippen LogP contribution < -0.4 is 5.32 Å². The predicted molar refractivity (Wildman–Crippen MR) is 130 cm³/mol. The second-order valence-electron chi connectivity index (χ2n) is 9.62. The van der Waals surface area contributed by atoms with E-state index in [1.165, 1.54) is 55.3 Å². The monoisotopic (exact) mass is 459 g/mol. The number of anilines is 1. The van der Waals surface area contributed by atoms with E-state index in [0.717, 1.165) is 23.6 Å². The van der Waals surface area contributed by atoms with Crippen LogP contribution in [0.4, 0.5) is 5.13 Å². The van der Waals surface area contributed by atoms with E-state index < -0.39 is 0 Å². The van der Waals surface area contributed by atoms with Crippen LogP contribution in [-0.4, -0.2) is 76.2 Å². The Morgan fingerprint density at radius 1 is 1.12 bits per heavy atom. The van der Waals surface area contributed by atoms with Gasteiger partial charge in [0.1, 0.15) is 0 Å². The molecule has 32 heavy (non-hydrogen) atoms. The Morgan fingerprint density at radius 2 is 1.97 bits per heavy atom. The quantitative estimate of drug-likeness (QED) is 0.541. The number of likely N-dealkylation sites (N-methyl/N-ethyl adjacent to an activating group) is 1. The minimum Gasteiger partial charge on any atom is -0.382 e. The summed E-state index contributed by atoms with van der Waals surface area (Å²) in [5, 5.41) is 4.52. The van der Waals surface area contributed by atoms with Crippen LogP contribution in [0.1, 0.15) is 43.2 Å². The van der Waals surface area contributed by atoms with Crippen molar-refractivity contribution in [2.45, 2.75) is 50.0 Å². The fourth-order valence-electron chi connectivity index (χ4n) is 6.46. The normalized spacial score (nSPS) is 27.3. The first-order chi connectivity index (χ1) is 15.7. The van der Waals surface area contributed by atoms with E-state index >= 15 is 0 Å². The molecule has 5 rings (SSSR count). The van der Waals surface area contributed by atoms with Gasteiger partial charge in [-0.3, -0.25) is 0 Å². The molecule has 2 heterocycles. The molecular formula is C25H37N3O3S. The first-order valence-electron chi connectivity index (χ1n) is 12.2. The van der Waals surface area contributed by atoms with Gasteiger partial charge in [-0.1, -0.05) is 30.2 Å². The number of benzene rings is 1. The molecule has 1 aromatic heterocycles. The van der Waals surface area contributed by atoms with Gasteiger partial charge in [0.15, 0.2) is 5.13 Å². The fourth-order valence-corrected chi connectivity index (χ4v) is 7.63. The molecule has 7 heteroatoms. The highest BCUT2D eigenvalue weighted by Crippen LogP contribution is 2.57. The number of hydrogen-bond donors (Lipinski definition) is 1. The van der Waals surface area contributed by atoms with Crippen LogP contribution in [-0.2, 0) is 26.0 Å². The van der Waals surface area contributed by atoms with Gasteiger partial charge in [-0.05, 0) is 62.4 Å². The highest BCUT2D eigenvalue weighted by molar-refractivity contribution is 7.22. The van der Waals surface area contributed by atoms with Crippen molar-refractivity contribution in [3.05, 3.63) is 23.3 Å². The summed E-state index contributed by atoms with van der Waals surface area (Å²) in [6, 6.07) is 5.35. The predicted octanol–water partition coefficient (Wildman–Crippen LogP) is 4.08. The lowest BCUT2D eigenvalue weighted by Crippen LogP contribution is -2.59. The van der Waals surface area contributed by atoms with Gasteiger partial charge in [0.25, 0.3) is 0 Å². The lowest BCUT2D eigenvalue weighted by Gasteiger charge is -2.58. The van der Waals surface area contributed by atoms with Crippen LogP contribution in [0.5, 0.6) is 0 Å². The number of nitrogens with zero attached hydrogens (tertiary/aromatic N) is 2. The highest BCUT2D eigenvalue weighted by atomic mass is 32.1. The van der Waals surface area contributed by atoms with Crippen LogP contribution in [0.2, 0.25) is 0 Å². The van der Waals surface area contributed by atoms with Gasteiger partial charge >= 0.3 is 0 Å². The maximum Gasteiger partial charge on any atom is 0.183 e. The van der Waals surface area contributed by atoms with E-state index in [4.69, 9.17) is 19.2 Å². The minimum atomic E-state index is 0.373. The molecule has 1 unspecified atom stereocenters. The number of piperidine rings is 1. The van der Waals surface area contributed by atoms with Gasteiger partial charge in [-0.2, -0.15) is 0 Å². The van der Waals surface area contributed by atoms with Gasteiger partial charge in [0, 0.05) is 25.1 Å². The first kappa shape index (κ1) is 22.5. The minimum absolute atomic E-state index is 0.373. The molecule has 0 spiro atoms. The SMILES string of the molecule is COCCOCCOCCNc1nc2ccc3c(c2s1)C12CCCC[C@H]1[C@@H](C3)N(C)CC2. The molecule has 0 amide bonds. The van der Waals surface area contributed by atoms with Crippen molar-refractivity contribution in [2.24, 2.45) is 5.92 Å². The maximum atomic E-state index is 5.68. The van der Waals surface area contributed by atoms with E-state index in [-0.39, 0.29) is 0 Å². The standard InChI is InChI=1S/C25H37N3O3S/c1-28-11-9-25-8-4-3-5-19(25)21(28)17-18-6-7-20-23(22(18)25)32-24(27-20)26-10-12-30-15-16-31-14-13-29-2/h6-7,19,21H,3-5,8-17H2,1-2H3,(H,26,27)/t19-,21+,25?/m0/s1. The highest BCUT2D eigenvalue weighted by Gasteiger charge is 2.53. The maximum absolute atomic E-state index is 5.68. The average molecular weight is 460 g/mol. The number of aromatic nitrogens is 1. The molecule has 3 atom stereocenters. The fraction of sp³-hybridized carbons (Fsp3) is 0.720. The van der Waals surface area contributed by atoms with Crippen molar-refractivity contribution >= 4 is 26.7 Å². The van der Waals surface area contributed by atoms with Gasteiger partial charge in [0.05, 0.1) is 43.3 Å². The number of likely N-dealkylation sites (tertiary alicyclic amines) is 1. The van der Waals surface area contributed by atoms with Crippen LogP contribution in [0.25, 0.3) is 10.2 Å². The molecular weight excluding hydrogens is 422 g/mol. The van der Waals surface area contributed by atoms with E-state index in [0.29, 0.717) is 38.4 Å². The summed E-state index contributed by atoms with van der Waals surface area (Å²) in [6.45, 7) is 5.11. The second-order valence-corrected chi connectivity index (χ2v) is 10.6. The Balaban J connectivity index is 1.27. The zero-order chi connectivity index (χ0) is 22.0. The molecule has 0 radical (unpaired) electrons. The van der Waals surface area contributed by atoms with E-state index in [2.05, 4.69) is 29.4 Å². The zero-order valence-corrected chi connectivity index (χ0v) is 20.3. The average Bonchev–Trinajstić information content (AvgIpc) is 3.23. The second kappa shape index (κ2) is 9.94. The molecule has 1 N–H and O–H groups in total. The Hall–Kier alpha value is -1.25. The molecule has 2 bridgehead atoms. The molecule has 2 fully saturated rings. The molecule has 3 aliphatic rings. The lowest BCUT2D eigenvalue weighted by molar-refractivity contribution is 0.00390. The molecule has 1 aromatic carbocycles. The topological polar surface area (TPSA) is 55.9 Å². The third-order valence-electron chi connectivity index (χ3n) is 7.94. The number of fused-ring (bicyclic) bond motifs is 3. The smallest absolute Gasteiger partial charge is 0.183 e. The first-order valence-corrected chi connectivity index (χ1v) is 13.1. The van der Waals surface area contributed by atoms with Crippen LogP contribution in [0.15, 0.2) is 12.1 Å². The number of rotatable bonds is 10. The molecule has 6 nitrogen and oxygen atoms in total. The van der Waals surface area contributed by atoms with Crippen molar-refractivity contribution in [2.75, 3.05) is 65.6 Å². The largest absolute Gasteiger partial charge is 0.382 e. The third-order valence-corrected chi connectivity index (χ3v) is 8.98. The summed E-state index contributed by atoms with van der Waals surface area (Å²) >= 11 is 1.86.